The van der Waals surface area contributed by atoms with Crippen molar-refractivity contribution >= 4 is 11.0 Å². The lowest BCUT2D eigenvalue weighted by atomic mass is 10.2. The Balaban J connectivity index is 2.55. The summed E-state index contributed by atoms with van der Waals surface area (Å²) in [5.74, 6) is 0.961. The highest BCUT2D eigenvalue weighted by atomic mass is 16.5. The lowest BCUT2D eigenvalue weighted by Gasteiger charge is -1.90. The fourth-order valence-electron chi connectivity index (χ4n) is 1.31. The van der Waals surface area contributed by atoms with Crippen LogP contribution in [0, 0.1) is 0 Å². The van der Waals surface area contributed by atoms with Gasteiger partial charge in [-0.1, -0.05) is 6.07 Å². The number of hydrogen-bond acceptors (Lipinski definition) is 3. The summed E-state index contributed by atoms with van der Waals surface area (Å²) in [6.07, 6.45) is 0. The second-order valence-corrected chi connectivity index (χ2v) is 2.83. The van der Waals surface area contributed by atoms with Gasteiger partial charge in [0.25, 0.3) is 0 Å². The molecule has 3 heteroatoms. The Labute approximate surface area is 75.5 Å². The van der Waals surface area contributed by atoms with Crippen molar-refractivity contribution in [3.63, 3.8) is 0 Å². The standard InChI is InChI=1S/C10H10O3/c1-12-6-7-5-8-9(11)3-2-4-10(8)13-7/h2-5,11H,6H2,1H3. The molecule has 0 saturated carbocycles. The molecule has 2 rings (SSSR count). The van der Waals surface area contributed by atoms with E-state index in [0.29, 0.717) is 12.2 Å². The average Bonchev–Trinajstić information content (AvgIpc) is 2.49. The van der Waals surface area contributed by atoms with E-state index in [9.17, 15) is 5.11 Å². The molecular weight excluding hydrogens is 168 g/mol. The summed E-state index contributed by atoms with van der Waals surface area (Å²) in [6.45, 7) is 0.425. The zero-order valence-electron chi connectivity index (χ0n) is 7.28. The van der Waals surface area contributed by atoms with Crippen LogP contribution in [0.2, 0.25) is 0 Å². The highest BCUT2D eigenvalue weighted by molar-refractivity contribution is 5.84. The molecular formula is C10H10O3. The van der Waals surface area contributed by atoms with E-state index in [4.69, 9.17) is 9.15 Å². The van der Waals surface area contributed by atoms with Crippen molar-refractivity contribution in [2.24, 2.45) is 0 Å². The van der Waals surface area contributed by atoms with Gasteiger partial charge in [-0.05, 0) is 18.2 Å². The van der Waals surface area contributed by atoms with E-state index in [0.717, 1.165) is 11.1 Å². The molecule has 3 nitrogen and oxygen atoms in total. The van der Waals surface area contributed by atoms with Crippen molar-refractivity contribution in [2.45, 2.75) is 6.61 Å². The summed E-state index contributed by atoms with van der Waals surface area (Å²) in [7, 11) is 1.60. The minimum atomic E-state index is 0.239. The Morgan fingerprint density at radius 1 is 1.46 bits per heavy atom. The minimum Gasteiger partial charge on any atom is -0.507 e. The van der Waals surface area contributed by atoms with E-state index in [1.165, 1.54) is 0 Å². The van der Waals surface area contributed by atoms with Crippen LogP contribution < -0.4 is 0 Å². The third-order valence-electron chi connectivity index (χ3n) is 1.88. The van der Waals surface area contributed by atoms with Crippen LogP contribution in [0.3, 0.4) is 0 Å². The summed E-state index contributed by atoms with van der Waals surface area (Å²) in [6, 6.07) is 6.98. The first-order chi connectivity index (χ1) is 6.31. The third kappa shape index (κ3) is 1.38. The molecule has 1 aromatic carbocycles. The summed E-state index contributed by atoms with van der Waals surface area (Å²) >= 11 is 0. The first-order valence-electron chi connectivity index (χ1n) is 4.00. The fourth-order valence-corrected chi connectivity index (χ4v) is 1.31. The number of ether oxygens (including phenoxy) is 1. The fraction of sp³-hybridized carbons (Fsp3) is 0.200. The average molecular weight is 178 g/mol. The van der Waals surface area contributed by atoms with Crippen LogP contribution in [0.25, 0.3) is 11.0 Å². The molecule has 0 aliphatic heterocycles. The van der Waals surface area contributed by atoms with Gasteiger partial charge in [-0.2, -0.15) is 0 Å². The molecule has 68 valence electrons. The van der Waals surface area contributed by atoms with Gasteiger partial charge < -0.3 is 14.3 Å². The minimum absolute atomic E-state index is 0.239. The van der Waals surface area contributed by atoms with Crippen LogP contribution in [0.5, 0.6) is 5.75 Å². The predicted octanol–water partition coefficient (Wildman–Crippen LogP) is 2.28. The molecule has 2 aromatic rings. The van der Waals surface area contributed by atoms with Gasteiger partial charge in [0.05, 0.1) is 5.39 Å². The van der Waals surface area contributed by atoms with E-state index in [1.54, 1.807) is 25.3 Å². The first kappa shape index (κ1) is 8.13. The van der Waals surface area contributed by atoms with Crippen LogP contribution in [-0.4, -0.2) is 12.2 Å². The van der Waals surface area contributed by atoms with Crippen molar-refractivity contribution < 1.29 is 14.3 Å². The molecule has 1 N–H and O–H groups in total. The van der Waals surface area contributed by atoms with Gasteiger partial charge in [-0.25, -0.2) is 0 Å². The number of furan rings is 1. The zero-order chi connectivity index (χ0) is 9.26. The van der Waals surface area contributed by atoms with Crippen LogP contribution in [-0.2, 0) is 11.3 Å². The van der Waals surface area contributed by atoms with Crippen molar-refractivity contribution in [3.8, 4) is 5.75 Å². The van der Waals surface area contributed by atoms with Gasteiger partial charge in [-0.15, -0.1) is 0 Å². The van der Waals surface area contributed by atoms with E-state index in [-0.39, 0.29) is 5.75 Å². The Hall–Kier alpha value is -1.48. The number of fused-ring (bicyclic) bond motifs is 1. The third-order valence-corrected chi connectivity index (χ3v) is 1.88. The summed E-state index contributed by atoms with van der Waals surface area (Å²) < 4.78 is 10.3. The lowest BCUT2D eigenvalue weighted by molar-refractivity contribution is 0.166. The largest absolute Gasteiger partial charge is 0.507 e. The van der Waals surface area contributed by atoms with Crippen molar-refractivity contribution in [1.82, 2.24) is 0 Å². The smallest absolute Gasteiger partial charge is 0.138 e. The van der Waals surface area contributed by atoms with Gasteiger partial charge >= 0.3 is 0 Å². The number of phenols is 1. The molecule has 13 heavy (non-hydrogen) atoms. The Morgan fingerprint density at radius 2 is 2.31 bits per heavy atom. The molecule has 1 heterocycles. The topological polar surface area (TPSA) is 42.6 Å². The number of hydrogen-bond donors (Lipinski definition) is 1. The lowest BCUT2D eigenvalue weighted by Crippen LogP contribution is -1.81. The molecule has 0 aliphatic carbocycles. The highest BCUT2D eigenvalue weighted by Crippen LogP contribution is 2.27. The monoisotopic (exact) mass is 178 g/mol. The van der Waals surface area contributed by atoms with Crippen molar-refractivity contribution in [2.75, 3.05) is 7.11 Å². The quantitative estimate of drug-likeness (QED) is 0.767. The summed E-state index contributed by atoms with van der Waals surface area (Å²) in [5, 5.41) is 10.2. The molecule has 0 bridgehead atoms. The molecule has 0 amide bonds. The maximum absolute atomic E-state index is 9.45. The van der Waals surface area contributed by atoms with E-state index in [2.05, 4.69) is 0 Å². The van der Waals surface area contributed by atoms with Crippen LogP contribution >= 0.6 is 0 Å². The second-order valence-electron chi connectivity index (χ2n) is 2.83. The predicted molar refractivity (Wildman–Crippen MR) is 48.6 cm³/mol. The van der Waals surface area contributed by atoms with Gasteiger partial charge in [0.15, 0.2) is 0 Å². The Bertz CT molecular complexity index is 417. The van der Waals surface area contributed by atoms with Crippen LogP contribution in [0.1, 0.15) is 5.76 Å². The molecule has 0 fully saturated rings. The maximum Gasteiger partial charge on any atom is 0.138 e. The zero-order valence-corrected chi connectivity index (χ0v) is 7.28. The molecule has 0 spiro atoms. The van der Waals surface area contributed by atoms with Gasteiger partial charge in [-0.3, -0.25) is 0 Å². The van der Waals surface area contributed by atoms with Crippen molar-refractivity contribution in [1.29, 1.82) is 0 Å². The van der Waals surface area contributed by atoms with Crippen molar-refractivity contribution in [3.05, 3.63) is 30.0 Å². The van der Waals surface area contributed by atoms with E-state index >= 15 is 0 Å². The molecule has 0 saturated heterocycles. The first-order valence-corrected chi connectivity index (χ1v) is 4.00. The summed E-state index contributed by atoms with van der Waals surface area (Å²) in [5.41, 5.74) is 0.687. The number of methoxy groups -OCH3 is 1. The number of phenolic OH excluding ortho intramolecular Hbond substituents is 1. The molecule has 0 aliphatic rings. The number of rotatable bonds is 2. The Morgan fingerprint density at radius 3 is 3.00 bits per heavy atom. The molecule has 0 atom stereocenters. The highest BCUT2D eigenvalue weighted by Gasteiger charge is 2.05. The second kappa shape index (κ2) is 3.11. The summed E-state index contributed by atoms with van der Waals surface area (Å²) in [4.78, 5) is 0. The SMILES string of the molecule is COCc1cc2c(O)cccc2o1. The molecule has 0 radical (unpaired) electrons. The molecule has 0 unspecified atom stereocenters. The van der Waals surface area contributed by atoms with Gasteiger partial charge in [0.2, 0.25) is 0 Å². The van der Waals surface area contributed by atoms with E-state index in [1.807, 2.05) is 6.07 Å². The van der Waals surface area contributed by atoms with Crippen LogP contribution in [0.15, 0.2) is 28.7 Å². The van der Waals surface area contributed by atoms with Gasteiger partial charge in [0.1, 0.15) is 23.7 Å². The number of aromatic hydroxyl groups is 1. The van der Waals surface area contributed by atoms with E-state index < -0.39 is 0 Å². The van der Waals surface area contributed by atoms with Gasteiger partial charge in [0, 0.05) is 7.11 Å². The normalized spacial score (nSPS) is 10.8. The van der Waals surface area contributed by atoms with Crippen LogP contribution in [0.4, 0.5) is 0 Å². The Kier molecular flexibility index (Phi) is 1.94. The molecule has 1 aromatic heterocycles. The number of benzene rings is 1. The maximum atomic E-state index is 9.45.